The molecule has 4 rings (SSSR count). The van der Waals surface area contributed by atoms with Gasteiger partial charge in [-0.3, -0.25) is 0 Å². The number of aliphatic carboxylic acids is 1. The van der Waals surface area contributed by atoms with Gasteiger partial charge in [-0.05, 0) is 69.1 Å². The first-order valence-corrected chi connectivity index (χ1v) is 9.14. The average molecular weight is 348 g/mol. The van der Waals surface area contributed by atoms with Gasteiger partial charge in [-0.25, -0.2) is 4.79 Å². The fraction of sp³-hybridized carbons (Fsp3) is 0.650. The lowest BCUT2D eigenvalue weighted by Gasteiger charge is -2.53. The van der Waals surface area contributed by atoms with Crippen molar-refractivity contribution in [1.82, 2.24) is 0 Å². The highest BCUT2D eigenvalue weighted by Gasteiger charge is 2.50. The summed E-state index contributed by atoms with van der Waals surface area (Å²) in [5.74, 6) is -0.0153. The van der Waals surface area contributed by atoms with E-state index in [0.29, 0.717) is 6.61 Å². The Morgan fingerprint density at radius 3 is 2.64 bits per heavy atom. The van der Waals surface area contributed by atoms with E-state index in [1.54, 1.807) is 0 Å². The van der Waals surface area contributed by atoms with E-state index in [0.717, 1.165) is 44.5 Å². The normalized spacial score (nSPS) is 28.3. The predicted octanol–water partition coefficient (Wildman–Crippen LogP) is 3.75. The van der Waals surface area contributed by atoms with Crippen LogP contribution in [-0.2, 0) is 19.9 Å². The summed E-state index contributed by atoms with van der Waals surface area (Å²) in [7, 11) is 0. The second kappa shape index (κ2) is 7.34. The summed E-state index contributed by atoms with van der Waals surface area (Å²) >= 11 is 0. The molecular weight excluding hydrogens is 320 g/mol. The molecule has 0 amide bonds. The number of carboxylic acid groups (broad SMARTS) is 1. The molecule has 1 saturated carbocycles. The number of ether oxygens (including phenoxy) is 3. The van der Waals surface area contributed by atoms with Gasteiger partial charge in [0.2, 0.25) is 0 Å². The number of hydrogen-bond acceptors (Lipinski definition) is 4. The molecule has 138 valence electrons. The van der Waals surface area contributed by atoms with Gasteiger partial charge in [0.15, 0.2) is 0 Å². The Bertz CT molecular complexity index is 585. The summed E-state index contributed by atoms with van der Waals surface area (Å²) in [6, 6.07) is 8.30. The van der Waals surface area contributed by atoms with Gasteiger partial charge in [0.1, 0.15) is 12.4 Å². The second-order valence-electron chi connectivity index (χ2n) is 7.67. The Kier molecular flexibility index (Phi) is 5.35. The molecule has 2 bridgehead atoms. The van der Waals surface area contributed by atoms with Gasteiger partial charge in [0, 0.05) is 6.61 Å². The third-order valence-corrected chi connectivity index (χ3v) is 5.51. The van der Waals surface area contributed by atoms with E-state index < -0.39 is 5.97 Å². The molecule has 5 heteroatoms. The minimum absolute atomic E-state index is 0.145. The molecule has 25 heavy (non-hydrogen) atoms. The van der Waals surface area contributed by atoms with Crippen molar-refractivity contribution in [1.29, 1.82) is 0 Å². The predicted molar refractivity (Wildman–Crippen MR) is 93.8 cm³/mol. The molecule has 1 aromatic carbocycles. The molecule has 0 unspecified atom stereocenters. The van der Waals surface area contributed by atoms with Crippen molar-refractivity contribution < 1.29 is 24.1 Å². The van der Waals surface area contributed by atoms with Crippen LogP contribution in [0.3, 0.4) is 0 Å². The summed E-state index contributed by atoms with van der Waals surface area (Å²) in [6.45, 7) is 5.05. The van der Waals surface area contributed by atoms with E-state index >= 15 is 0 Å². The summed E-state index contributed by atoms with van der Waals surface area (Å²) < 4.78 is 17.4. The zero-order chi connectivity index (χ0) is 17.9. The summed E-state index contributed by atoms with van der Waals surface area (Å²) in [4.78, 5) is 10.5. The summed E-state index contributed by atoms with van der Waals surface area (Å²) in [5.41, 5.74) is 1.16. The van der Waals surface area contributed by atoms with Crippen LogP contribution in [0.1, 0.15) is 51.5 Å². The Hall–Kier alpha value is -1.59. The molecule has 3 fully saturated rings. The fourth-order valence-electron chi connectivity index (χ4n) is 4.03. The maximum absolute atomic E-state index is 10.5. The Morgan fingerprint density at radius 2 is 2.04 bits per heavy atom. The Labute approximate surface area is 149 Å². The minimum atomic E-state index is -0.913. The fourth-order valence-corrected chi connectivity index (χ4v) is 4.03. The van der Waals surface area contributed by atoms with Crippen molar-refractivity contribution in [3.63, 3.8) is 0 Å². The average Bonchev–Trinajstić information content (AvgIpc) is 2.60. The molecule has 2 heterocycles. The molecule has 0 radical (unpaired) electrons. The van der Waals surface area contributed by atoms with E-state index in [4.69, 9.17) is 19.3 Å². The van der Waals surface area contributed by atoms with Crippen molar-refractivity contribution in [2.75, 3.05) is 19.8 Å². The van der Waals surface area contributed by atoms with Crippen molar-refractivity contribution in [3.8, 4) is 5.75 Å². The van der Waals surface area contributed by atoms with Gasteiger partial charge < -0.3 is 19.3 Å². The van der Waals surface area contributed by atoms with E-state index in [-0.39, 0.29) is 23.7 Å². The van der Waals surface area contributed by atoms with Gasteiger partial charge in [0.25, 0.3) is 0 Å². The third kappa shape index (κ3) is 4.15. The highest BCUT2D eigenvalue weighted by atomic mass is 16.5. The van der Waals surface area contributed by atoms with Gasteiger partial charge in [-0.2, -0.15) is 0 Å². The molecule has 2 aliphatic heterocycles. The van der Waals surface area contributed by atoms with Crippen molar-refractivity contribution in [2.45, 2.75) is 57.7 Å². The first-order chi connectivity index (χ1) is 11.9. The van der Waals surface area contributed by atoms with Crippen LogP contribution >= 0.6 is 0 Å². The second-order valence-corrected chi connectivity index (χ2v) is 7.67. The van der Waals surface area contributed by atoms with Crippen molar-refractivity contribution >= 4 is 5.97 Å². The summed E-state index contributed by atoms with van der Waals surface area (Å²) in [6.07, 6.45) is 5.21. The molecule has 1 aliphatic carbocycles. The lowest BCUT2D eigenvalue weighted by atomic mass is 9.63. The van der Waals surface area contributed by atoms with Gasteiger partial charge >= 0.3 is 5.97 Å². The first-order valence-electron chi connectivity index (χ1n) is 9.14. The quantitative estimate of drug-likeness (QED) is 0.725. The number of rotatable bonds is 8. The van der Waals surface area contributed by atoms with Crippen LogP contribution in [0, 0.1) is 5.41 Å². The van der Waals surface area contributed by atoms with Crippen LogP contribution in [0.2, 0.25) is 0 Å². The smallest absolute Gasteiger partial charge is 0.329 e. The molecule has 0 atom stereocenters. The molecule has 2 saturated heterocycles. The van der Waals surface area contributed by atoms with Gasteiger partial charge in [-0.15, -0.1) is 0 Å². The van der Waals surface area contributed by atoms with Crippen molar-refractivity contribution in [3.05, 3.63) is 29.8 Å². The lowest BCUT2D eigenvalue weighted by Crippen LogP contribution is -2.49. The van der Waals surface area contributed by atoms with Crippen LogP contribution < -0.4 is 4.74 Å². The summed E-state index contributed by atoms with van der Waals surface area (Å²) in [5, 5.41) is 8.66. The number of benzene rings is 1. The highest BCUT2D eigenvalue weighted by molar-refractivity contribution is 5.67. The van der Waals surface area contributed by atoms with Crippen molar-refractivity contribution in [2.24, 2.45) is 5.41 Å². The Balaban J connectivity index is 1.61. The van der Waals surface area contributed by atoms with E-state index in [9.17, 15) is 4.79 Å². The standard InChI is InChI=1S/C20H28O5/c1-15(2)25-17-5-3-4-16(12-17)20-8-6-19(7-9-20,14-24-20)10-11-23-13-18(21)22/h3-5,12,15H,6-11,13-14H2,1-2H3,(H,21,22). The monoisotopic (exact) mass is 348 g/mol. The maximum Gasteiger partial charge on any atom is 0.329 e. The third-order valence-electron chi connectivity index (χ3n) is 5.51. The Morgan fingerprint density at radius 1 is 1.28 bits per heavy atom. The minimum Gasteiger partial charge on any atom is -0.491 e. The molecular formula is C20H28O5. The van der Waals surface area contributed by atoms with E-state index in [1.807, 2.05) is 26.0 Å². The van der Waals surface area contributed by atoms with Gasteiger partial charge in [-0.1, -0.05) is 12.1 Å². The van der Waals surface area contributed by atoms with Crippen LogP contribution in [-0.4, -0.2) is 37.0 Å². The molecule has 3 aliphatic rings. The van der Waals surface area contributed by atoms with E-state index in [1.165, 1.54) is 5.56 Å². The molecule has 0 spiro atoms. The zero-order valence-electron chi connectivity index (χ0n) is 15.1. The lowest BCUT2D eigenvalue weighted by molar-refractivity contribution is -0.194. The largest absolute Gasteiger partial charge is 0.491 e. The van der Waals surface area contributed by atoms with Crippen LogP contribution in [0.5, 0.6) is 5.75 Å². The number of fused-ring (bicyclic) bond motifs is 3. The van der Waals surface area contributed by atoms with Gasteiger partial charge in [0.05, 0.1) is 18.3 Å². The number of hydrogen-bond donors (Lipinski definition) is 1. The number of carbonyl (C=O) groups is 1. The zero-order valence-corrected chi connectivity index (χ0v) is 15.1. The molecule has 1 aromatic rings. The van der Waals surface area contributed by atoms with Crippen LogP contribution in [0.25, 0.3) is 0 Å². The number of carboxylic acids is 1. The molecule has 1 N–H and O–H groups in total. The molecule has 5 nitrogen and oxygen atoms in total. The molecule has 0 aromatic heterocycles. The topological polar surface area (TPSA) is 65.0 Å². The van der Waals surface area contributed by atoms with Crippen LogP contribution in [0.15, 0.2) is 24.3 Å². The SMILES string of the molecule is CC(C)Oc1cccc(C23CCC(CCOCC(=O)O)(CC2)CO3)c1. The first kappa shape index (κ1) is 18.2. The maximum atomic E-state index is 10.5. The highest BCUT2D eigenvalue weighted by Crippen LogP contribution is 2.55. The van der Waals surface area contributed by atoms with Crippen LogP contribution in [0.4, 0.5) is 0 Å². The van der Waals surface area contributed by atoms with E-state index in [2.05, 4.69) is 12.1 Å².